The van der Waals surface area contributed by atoms with E-state index in [1.165, 1.54) is 12.1 Å². The van der Waals surface area contributed by atoms with Gasteiger partial charge in [-0.05, 0) is 37.1 Å². The fraction of sp³-hybridized carbons (Fsp3) is 0.333. The fourth-order valence-corrected chi connectivity index (χ4v) is 4.31. The third-order valence-electron chi connectivity index (χ3n) is 5.11. The van der Waals surface area contributed by atoms with Gasteiger partial charge in [-0.15, -0.1) is 10.2 Å². The topological polar surface area (TPSA) is 111 Å². The number of nitro groups is 1. The van der Waals surface area contributed by atoms with Gasteiger partial charge in [-0.3, -0.25) is 14.5 Å². The van der Waals surface area contributed by atoms with E-state index in [0.717, 1.165) is 36.6 Å². The second-order valence-corrected chi connectivity index (χ2v) is 8.94. The Morgan fingerprint density at radius 1 is 1.14 bits per heavy atom. The van der Waals surface area contributed by atoms with Crippen LogP contribution in [0.4, 0.5) is 11.4 Å². The van der Waals surface area contributed by atoms with Crippen LogP contribution >= 0.6 is 0 Å². The van der Waals surface area contributed by atoms with Crippen LogP contribution in [0.1, 0.15) is 24.6 Å². The van der Waals surface area contributed by atoms with Crippen molar-refractivity contribution in [3.05, 3.63) is 58.5 Å². The van der Waals surface area contributed by atoms with Gasteiger partial charge in [0.1, 0.15) is 11.5 Å². The first kappa shape index (κ1) is 18.4. The van der Waals surface area contributed by atoms with Gasteiger partial charge in [-0.25, -0.2) is 8.42 Å². The third kappa shape index (κ3) is 3.31. The molecule has 0 spiro atoms. The highest BCUT2D eigenvalue weighted by molar-refractivity contribution is 7.90. The summed E-state index contributed by atoms with van der Waals surface area (Å²) in [4.78, 5) is 12.9. The minimum Gasteiger partial charge on any atom is -0.366 e. The Morgan fingerprint density at radius 3 is 2.57 bits per heavy atom. The molecule has 0 unspecified atom stereocenters. The number of pyridine rings is 1. The molecule has 2 aromatic heterocycles. The maximum atomic E-state index is 11.7. The molecule has 10 heteroatoms. The first-order valence-electron chi connectivity index (χ1n) is 8.88. The van der Waals surface area contributed by atoms with Gasteiger partial charge in [-0.1, -0.05) is 6.07 Å². The first-order valence-corrected chi connectivity index (χ1v) is 10.8. The number of aromatic nitrogens is 3. The molecule has 1 saturated heterocycles. The maximum absolute atomic E-state index is 11.7. The van der Waals surface area contributed by atoms with Crippen LogP contribution in [0.15, 0.2) is 47.5 Å². The van der Waals surface area contributed by atoms with Crippen molar-refractivity contribution in [1.82, 2.24) is 14.6 Å². The second kappa shape index (κ2) is 6.86. The zero-order valence-corrected chi connectivity index (χ0v) is 16.0. The number of anilines is 1. The highest BCUT2D eigenvalue weighted by Crippen LogP contribution is 2.35. The smallest absolute Gasteiger partial charge is 0.293 e. The molecule has 4 rings (SSSR count). The number of nitro benzene ring substituents is 1. The molecule has 1 aliphatic heterocycles. The van der Waals surface area contributed by atoms with Crippen molar-refractivity contribution in [2.24, 2.45) is 0 Å². The molecule has 0 radical (unpaired) electrons. The molecule has 3 aromatic rings. The Hall–Kier alpha value is -3.01. The normalized spacial score (nSPS) is 15.8. The van der Waals surface area contributed by atoms with E-state index in [4.69, 9.17) is 0 Å². The number of sulfone groups is 1. The van der Waals surface area contributed by atoms with Crippen molar-refractivity contribution < 1.29 is 13.3 Å². The maximum Gasteiger partial charge on any atom is 0.293 e. The van der Waals surface area contributed by atoms with Crippen molar-refractivity contribution in [3.8, 4) is 0 Å². The van der Waals surface area contributed by atoms with Crippen LogP contribution in [0, 0.1) is 10.1 Å². The van der Waals surface area contributed by atoms with E-state index in [9.17, 15) is 18.5 Å². The number of nitrogens with zero attached hydrogens (tertiary/aromatic N) is 5. The molecule has 0 bridgehead atoms. The molecular formula is C18H19N5O4S. The van der Waals surface area contributed by atoms with E-state index in [1.807, 2.05) is 33.7 Å². The molecule has 0 N–H and O–H groups in total. The molecule has 1 aliphatic rings. The average molecular weight is 401 g/mol. The molecule has 28 heavy (non-hydrogen) atoms. The minimum atomic E-state index is -3.51. The number of hydrogen-bond acceptors (Lipinski definition) is 7. The van der Waals surface area contributed by atoms with Gasteiger partial charge in [0.05, 0.1) is 9.82 Å². The Kier molecular flexibility index (Phi) is 4.50. The van der Waals surface area contributed by atoms with Gasteiger partial charge >= 0.3 is 0 Å². The Morgan fingerprint density at radius 2 is 1.89 bits per heavy atom. The molecule has 3 heterocycles. The largest absolute Gasteiger partial charge is 0.366 e. The third-order valence-corrected chi connectivity index (χ3v) is 6.22. The van der Waals surface area contributed by atoms with Crippen molar-refractivity contribution in [1.29, 1.82) is 0 Å². The van der Waals surface area contributed by atoms with E-state index in [2.05, 4.69) is 10.2 Å². The number of benzene rings is 1. The van der Waals surface area contributed by atoms with Crippen molar-refractivity contribution in [3.63, 3.8) is 0 Å². The summed E-state index contributed by atoms with van der Waals surface area (Å²) >= 11 is 0. The summed E-state index contributed by atoms with van der Waals surface area (Å²) < 4.78 is 25.4. The van der Waals surface area contributed by atoms with Gasteiger partial charge in [-0.2, -0.15) is 0 Å². The van der Waals surface area contributed by atoms with Gasteiger partial charge < -0.3 is 4.90 Å². The van der Waals surface area contributed by atoms with Crippen LogP contribution in [0.3, 0.4) is 0 Å². The standard InChI is InChI=1S/C18H19N5O4S/c1-28(26,27)14-5-6-15(16(12-14)23(24)25)21-10-7-13(8-11-21)18-20-19-17-4-2-3-9-22(17)18/h2-6,9,12-13H,7-8,10-11H2,1H3. The Labute approximate surface area is 161 Å². The summed E-state index contributed by atoms with van der Waals surface area (Å²) in [6.45, 7) is 1.23. The molecule has 1 aromatic carbocycles. The molecule has 1 fully saturated rings. The van der Waals surface area contributed by atoms with Gasteiger partial charge in [0, 0.05) is 37.5 Å². The van der Waals surface area contributed by atoms with Crippen LogP contribution in [-0.4, -0.2) is 47.3 Å². The van der Waals surface area contributed by atoms with E-state index in [1.54, 1.807) is 0 Å². The fourth-order valence-electron chi connectivity index (χ4n) is 3.66. The Balaban J connectivity index is 1.57. The lowest BCUT2D eigenvalue weighted by molar-refractivity contribution is -0.384. The van der Waals surface area contributed by atoms with Crippen LogP contribution in [0.5, 0.6) is 0 Å². The van der Waals surface area contributed by atoms with Gasteiger partial charge in [0.2, 0.25) is 0 Å². The van der Waals surface area contributed by atoms with Crippen LogP contribution in [0.2, 0.25) is 0 Å². The second-order valence-electron chi connectivity index (χ2n) is 6.93. The zero-order valence-electron chi connectivity index (χ0n) is 15.2. The summed E-state index contributed by atoms with van der Waals surface area (Å²) in [7, 11) is -3.51. The minimum absolute atomic E-state index is 0.0484. The predicted octanol–water partition coefficient (Wildman–Crippen LogP) is 2.43. The quantitative estimate of drug-likeness (QED) is 0.487. The molecule has 0 aliphatic carbocycles. The molecule has 9 nitrogen and oxygen atoms in total. The average Bonchev–Trinajstić information content (AvgIpc) is 3.11. The summed E-state index contributed by atoms with van der Waals surface area (Å²) in [6.07, 6.45) is 4.53. The molecule has 0 amide bonds. The van der Waals surface area contributed by atoms with Crippen LogP contribution < -0.4 is 4.90 Å². The van der Waals surface area contributed by atoms with Crippen molar-refractivity contribution in [2.45, 2.75) is 23.7 Å². The van der Waals surface area contributed by atoms with E-state index < -0.39 is 14.8 Å². The summed E-state index contributed by atoms with van der Waals surface area (Å²) in [5, 5.41) is 20.0. The zero-order chi connectivity index (χ0) is 19.9. The molecule has 146 valence electrons. The highest BCUT2D eigenvalue weighted by Gasteiger charge is 2.28. The number of piperidine rings is 1. The SMILES string of the molecule is CS(=O)(=O)c1ccc(N2CCC(c3nnc4ccccn34)CC2)c([N+](=O)[O-])c1. The molecule has 0 atom stereocenters. The summed E-state index contributed by atoms with van der Waals surface area (Å²) in [6, 6.07) is 9.84. The lowest BCUT2D eigenvalue weighted by Crippen LogP contribution is -2.33. The number of rotatable bonds is 4. The summed E-state index contributed by atoms with van der Waals surface area (Å²) in [5.74, 6) is 1.11. The predicted molar refractivity (Wildman–Crippen MR) is 103 cm³/mol. The van der Waals surface area contributed by atoms with E-state index in [-0.39, 0.29) is 16.5 Å². The first-order chi connectivity index (χ1) is 13.3. The van der Waals surface area contributed by atoms with E-state index in [0.29, 0.717) is 18.8 Å². The number of fused-ring (bicyclic) bond motifs is 1. The van der Waals surface area contributed by atoms with Crippen molar-refractivity contribution >= 4 is 26.9 Å². The van der Waals surface area contributed by atoms with Gasteiger partial charge in [0.15, 0.2) is 15.5 Å². The summed E-state index contributed by atoms with van der Waals surface area (Å²) in [5.41, 5.74) is 1.06. The Bertz CT molecular complexity index is 1150. The monoisotopic (exact) mass is 401 g/mol. The molecule has 0 saturated carbocycles. The lowest BCUT2D eigenvalue weighted by Gasteiger charge is -2.32. The highest BCUT2D eigenvalue weighted by atomic mass is 32.2. The van der Waals surface area contributed by atoms with Gasteiger partial charge in [0.25, 0.3) is 5.69 Å². The van der Waals surface area contributed by atoms with Crippen LogP contribution in [0.25, 0.3) is 5.65 Å². The van der Waals surface area contributed by atoms with E-state index >= 15 is 0 Å². The van der Waals surface area contributed by atoms with Crippen molar-refractivity contribution in [2.75, 3.05) is 24.2 Å². The van der Waals surface area contributed by atoms with Crippen LogP contribution in [-0.2, 0) is 9.84 Å². The number of hydrogen-bond donors (Lipinski definition) is 0. The lowest BCUT2D eigenvalue weighted by atomic mass is 9.95. The molecular weight excluding hydrogens is 382 g/mol.